The van der Waals surface area contributed by atoms with Crippen LogP contribution in [0.2, 0.25) is 5.02 Å². The Kier molecular flexibility index (Phi) is 3.95. The molecule has 1 heterocycles. The van der Waals surface area contributed by atoms with E-state index in [1.165, 1.54) is 12.6 Å². The fraction of sp³-hybridized carbons (Fsp3) is 0.647. The highest BCUT2D eigenvalue weighted by Gasteiger charge is 2.57. The lowest BCUT2D eigenvalue weighted by molar-refractivity contribution is -0.128. The lowest BCUT2D eigenvalue weighted by Gasteiger charge is -2.36. The van der Waals surface area contributed by atoms with Crippen LogP contribution in [0.15, 0.2) is 6.20 Å². The molecule has 3 aliphatic carbocycles. The van der Waals surface area contributed by atoms with Crippen LogP contribution in [0.25, 0.3) is 0 Å². The number of nitriles is 1. The van der Waals surface area contributed by atoms with Crippen molar-refractivity contribution in [3.63, 3.8) is 0 Å². The number of aromatic amines is 1. The number of nitrogens with zero attached hydrogens (tertiary/aromatic N) is 2. The number of fused-ring (bicyclic) bond motifs is 1. The first-order valence-electron chi connectivity index (χ1n) is 8.70. The van der Waals surface area contributed by atoms with Gasteiger partial charge in [0.15, 0.2) is 0 Å². The van der Waals surface area contributed by atoms with Crippen LogP contribution in [0, 0.1) is 34.5 Å². The highest BCUT2D eigenvalue weighted by atomic mass is 35.5. The molecule has 0 aromatic carbocycles. The third-order valence-electron chi connectivity index (χ3n) is 5.88. The predicted octanol–water partition coefficient (Wildman–Crippen LogP) is 1.63. The number of H-pyrrole nitrogens is 1. The molecule has 3 saturated carbocycles. The number of nitrogens with one attached hydrogen (secondary N) is 3. The summed E-state index contributed by atoms with van der Waals surface area (Å²) in [7, 11) is 0. The van der Waals surface area contributed by atoms with Crippen molar-refractivity contribution in [3.8, 4) is 6.07 Å². The van der Waals surface area contributed by atoms with E-state index in [0.29, 0.717) is 42.2 Å². The summed E-state index contributed by atoms with van der Waals surface area (Å²) in [5, 5.41) is 21.9. The third-order valence-corrected chi connectivity index (χ3v) is 6.17. The van der Waals surface area contributed by atoms with Gasteiger partial charge in [0, 0.05) is 12.6 Å². The van der Waals surface area contributed by atoms with E-state index in [4.69, 9.17) is 11.6 Å². The Morgan fingerprint density at radius 3 is 2.68 bits per heavy atom. The Hall–Kier alpha value is -2.07. The fourth-order valence-corrected chi connectivity index (χ4v) is 4.41. The Labute approximate surface area is 150 Å². The molecular weight excluding hydrogens is 342 g/mol. The minimum atomic E-state index is -0.803. The second-order valence-electron chi connectivity index (χ2n) is 7.67. The number of hydrogen-bond donors (Lipinski definition) is 3. The van der Waals surface area contributed by atoms with E-state index in [1.807, 2.05) is 0 Å². The molecule has 0 bridgehead atoms. The molecule has 1 aromatic heterocycles. The Morgan fingerprint density at radius 2 is 2.08 bits per heavy atom. The molecule has 2 amide bonds. The van der Waals surface area contributed by atoms with Crippen molar-refractivity contribution < 1.29 is 9.59 Å². The van der Waals surface area contributed by atoms with Crippen molar-refractivity contribution >= 4 is 23.4 Å². The van der Waals surface area contributed by atoms with Gasteiger partial charge in [-0.05, 0) is 49.9 Å². The Balaban J connectivity index is 1.20. The Morgan fingerprint density at radius 1 is 1.36 bits per heavy atom. The fourth-order valence-electron chi connectivity index (χ4n) is 4.23. The first-order valence-corrected chi connectivity index (χ1v) is 9.08. The number of amides is 2. The summed E-state index contributed by atoms with van der Waals surface area (Å²) in [6, 6.07) is 2.34. The Bertz CT molecular complexity index is 738. The maximum absolute atomic E-state index is 12.4. The molecule has 0 saturated heterocycles. The summed E-state index contributed by atoms with van der Waals surface area (Å²) in [5.74, 6) is 1.13. The molecule has 2 unspecified atom stereocenters. The molecule has 8 heteroatoms. The van der Waals surface area contributed by atoms with Crippen LogP contribution in [-0.4, -0.2) is 34.6 Å². The van der Waals surface area contributed by atoms with E-state index in [2.05, 4.69) is 26.9 Å². The molecule has 2 atom stereocenters. The molecular formula is C17H20ClN5O2. The van der Waals surface area contributed by atoms with Crippen molar-refractivity contribution in [1.29, 1.82) is 5.26 Å². The van der Waals surface area contributed by atoms with Crippen molar-refractivity contribution in [1.82, 2.24) is 20.8 Å². The number of hydrogen-bond acceptors (Lipinski definition) is 4. The highest BCUT2D eigenvalue weighted by Crippen LogP contribution is 2.59. The summed E-state index contributed by atoms with van der Waals surface area (Å²) in [5.41, 5.74) is -0.531. The molecule has 4 rings (SSSR count). The topological polar surface area (TPSA) is 111 Å². The number of aromatic nitrogens is 2. The van der Waals surface area contributed by atoms with Gasteiger partial charge in [-0.25, -0.2) is 0 Å². The minimum absolute atomic E-state index is 0.0813. The van der Waals surface area contributed by atoms with Crippen molar-refractivity contribution in [2.45, 2.75) is 38.1 Å². The van der Waals surface area contributed by atoms with Crippen molar-refractivity contribution in [2.24, 2.45) is 23.2 Å². The van der Waals surface area contributed by atoms with Gasteiger partial charge in [0.2, 0.25) is 5.91 Å². The summed E-state index contributed by atoms with van der Waals surface area (Å²) in [4.78, 5) is 24.5. The number of carbonyl (C=O) groups excluding carboxylic acids is 2. The first kappa shape index (κ1) is 16.4. The maximum atomic E-state index is 12.4. The molecule has 0 aliphatic heterocycles. The van der Waals surface area contributed by atoms with Gasteiger partial charge in [0.1, 0.15) is 11.1 Å². The standard InChI is InChI=1S/C17H20ClN5O2/c18-13-7-21-23-14(13)15(24)22-12-1-9(2-12)6-20-16(25)17(8-19)4-10-3-11(10)5-17/h7,9-12H,1-6H2,(H,20,25)(H,21,23)(H,22,24). The van der Waals surface area contributed by atoms with E-state index < -0.39 is 5.41 Å². The highest BCUT2D eigenvalue weighted by molar-refractivity contribution is 6.33. The first-order chi connectivity index (χ1) is 12.0. The quantitative estimate of drug-likeness (QED) is 0.740. The molecule has 3 N–H and O–H groups in total. The van der Waals surface area contributed by atoms with Crippen LogP contribution in [0.5, 0.6) is 0 Å². The smallest absolute Gasteiger partial charge is 0.271 e. The van der Waals surface area contributed by atoms with Crippen LogP contribution in [0.4, 0.5) is 0 Å². The lowest BCUT2D eigenvalue weighted by Crippen LogP contribution is -2.49. The zero-order chi connectivity index (χ0) is 17.6. The van der Waals surface area contributed by atoms with Gasteiger partial charge in [-0.3, -0.25) is 14.7 Å². The largest absolute Gasteiger partial charge is 0.354 e. The van der Waals surface area contributed by atoms with Crippen molar-refractivity contribution in [3.05, 3.63) is 16.9 Å². The molecule has 1 aromatic rings. The van der Waals surface area contributed by atoms with E-state index in [1.54, 1.807) is 0 Å². The third kappa shape index (κ3) is 2.99. The van der Waals surface area contributed by atoms with Crippen LogP contribution in [0.1, 0.15) is 42.6 Å². The van der Waals surface area contributed by atoms with Crippen LogP contribution in [0.3, 0.4) is 0 Å². The molecule has 3 aliphatic rings. The van der Waals surface area contributed by atoms with Gasteiger partial charge >= 0.3 is 0 Å². The molecule has 3 fully saturated rings. The van der Waals surface area contributed by atoms with Crippen LogP contribution >= 0.6 is 11.6 Å². The predicted molar refractivity (Wildman–Crippen MR) is 89.5 cm³/mol. The molecule has 25 heavy (non-hydrogen) atoms. The van der Waals surface area contributed by atoms with Crippen LogP contribution < -0.4 is 10.6 Å². The van der Waals surface area contributed by atoms with Crippen molar-refractivity contribution in [2.75, 3.05) is 6.54 Å². The SMILES string of the molecule is N#CC1(C(=O)NCC2CC(NC(=O)c3[nH]ncc3Cl)C2)CC2CC2C1. The minimum Gasteiger partial charge on any atom is -0.354 e. The number of carbonyl (C=O) groups is 2. The summed E-state index contributed by atoms with van der Waals surface area (Å²) in [6.45, 7) is 0.564. The average molecular weight is 362 g/mol. The monoisotopic (exact) mass is 361 g/mol. The van der Waals surface area contributed by atoms with Gasteiger partial charge in [-0.2, -0.15) is 10.4 Å². The number of rotatable bonds is 5. The van der Waals surface area contributed by atoms with E-state index >= 15 is 0 Å². The average Bonchev–Trinajstić information content (AvgIpc) is 2.97. The molecule has 132 valence electrons. The second-order valence-corrected chi connectivity index (χ2v) is 8.08. The zero-order valence-corrected chi connectivity index (χ0v) is 14.5. The second kappa shape index (κ2) is 6.03. The number of halogens is 1. The van der Waals surface area contributed by atoms with Gasteiger partial charge in [-0.1, -0.05) is 11.6 Å². The van der Waals surface area contributed by atoms with Gasteiger partial charge in [0.05, 0.1) is 17.3 Å². The lowest BCUT2D eigenvalue weighted by atomic mass is 9.79. The van der Waals surface area contributed by atoms with E-state index in [-0.39, 0.29) is 23.6 Å². The zero-order valence-electron chi connectivity index (χ0n) is 13.7. The normalized spacial score (nSPS) is 35.2. The van der Waals surface area contributed by atoms with E-state index in [0.717, 1.165) is 12.8 Å². The molecule has 0 radical (unpaired) electrons. The van der Waals surface area contributed by atoms with E-state index in [9.17, 15) is 14.9 Å². The summed E-state index contributed by atoms with van der Waals surface area (Å²) < 4.78 is 0. The summed E-state index contributed by atoms with van der Waals surface area (Å²) >= 11 is 5.87. The van der Waals surface area contributed by atoms with Gasteiger partial charge in [0.25, 0.3) is 5.91 Å². The van der Waals surface area contributed by atoms with Crippen LogP contribution in [-0.2, 0) is 4.79 Å². The summed E-state index contributed by atoms with van der Waals surface area (Å²) in [6.07, 6.45) is 5.63. The molecule has 0 spiro atoms. The maximum Gasteiger partial charge on any atom is 0.271 e. The van der Waals surface area contributed by atoms with Gasteiger partial charge < -0.3 is 10.6 Å². The van der Waals surface area contributed by atoms with Gasteiger partial charge in [-0.15, -0.1) is 0 Å². The molecule has 7 nitrogen and oxygen atoms in total.